The van der Waals surface area contributed by atoms with Crippen LogP contribution in [0.4, 0.5) is 79.0 Å². The summed E-state index contributed by atoms with van der Waals surface area (Å²) in [5.41, 5.74) is -11.4. The standard InChI is InChI=1S/C14H22O2.2C9H2F9.Sn/c1-13(2,3)9-7-10(14(4,5)6)12(16)11(15)8-9;2*10-7(11,12)4-1-5(8(13,14)15)3-6(2-4)9(16,17)18;/h7-8,15-16H,1-6H3;2*1-2H;/q;;;+2/p-2. The van der Waals surface area contributed by atoms with Gasteiger partial charge in [-0.25, -0.2) is 0 Å². The number of halogens is 18. The molecule has 3 aromatic carbocycles. The molecule has 0 aliphatic carbocycles. The van der Waals surface area contributed by atoms with E-state index in [4.69, 9.17) is 0 Å². The fourth-order valence-electron chi connectivity index (χ4n) is 3.67. The quantitative estimate of drug-likeness (QED) is 0.167. The molecule has 3 aromatic rings. The van der Waals surface area contributed by atoms with Gasteiger partial charge in [0.05, 0.1) is 33.4 Å². The maximum Gasteiger partial charge on any atom is 2.00 e. The van der Waals surface area contributed by atoms with Gasteiger partial charge in [-0.1, -0.05) is 59.2 Å². The summed E-state index contributed by atoms with van der Waals surface area (Å²) in [6.45, 7) is 12.0. The van der Waals surface area contributed by atoms with E-state index >= 15 is 0 Å². The fourth-order valence-corrected chi connectivity index (χ4v) is 3.67. The molecule has 294 valence electrons. The van der Waals surface area contributed by atoms with Crippen molar-refractivity contribution >= 4 is 23.9 Å². The SMILES string of the molecule is CC(C)(C)c1cc([O-])c([O-])c(C(C)(C)C)c1.FC(F)(F)c1[c]c(C(F)(F)F)cc(C(F)(F)F)c1.FC(F)(F)c1[c]c(C(F)(F)F)cc(C(F)(F)F)c1.[Sn+2]. The van der Waals surface area contributed by atoms with Crippen LogP contribution in [0.25, 0.3) is 0 Å². The molecule has 21 heteroatoms. The van der Waals surface area contributed by atoms with Crippen LogP contribution in [0.5, 0.6) is 11.5 Å². The van der Waals surface area contributed by atoms with E-state index in [1.54, 1.807) is 0 Å². The van der Waals surface area contributed by atoms with E-state index in [-0.39, 0.29) is 40.5 Å². The third kappa shape index (κ3) is 14.9. The smallest absolute Gasteiger partial charge is 0.873 e. The molecule has 0 fully saturated rings. The zero-order chi connectivity index (χ0) is 41.4. The van der Waals surface area contributed by atoms with Crippen molar-refractivity contribution in [1.82, 2.24) is 0 Å². The Morgan fingerprint density at radius 3 is 0.830 bits per heavy atom. The first-order valence-electron chi connectivity index (χ1n) is 13.8. The van der Waals surface area contributed by atoms with Crippen LogP contribution < -0.4 is 10.2 Å². The minimum atomic E-state index is -5.35. The van der Waals surface area contributed by atoms with E-state index in [2.05, 4.69) is 0 Å². The van der Waals surface area contributed by atoms with E-state index in [0.29, 0.717) is 5.56 Å². The van der Waals surface area contributed by atoms with Crippen LogP contribution in [0.3, 0.4) is 0 Å². The molecular weight excluding hydrogens is 877 g/mol. The second-order valence-electron chi connectivity index (χ2n) is 12.7. The number of alkyl halides is 18. The van der Waals surface area contributed by atoms with Gasteiger partial charge < -0.3 is 10.2 Å². The Labute approximate surface area is 306 Å². The van der Waals surface area contributed by atoms with Crippen LogP contribution >= 0.6 is 0 Å². The number of hydrogen-bond donors (Lipinski definition) is 0. The van der Waals surface area contributed by atoms with Crippen molar-refractivity contribution in [3.63, 3.8) is 0 Å². The average Bonchev–Trinajstić information content (AvgIpc) is 2.90. The molecule has 0 spiro atoms. The Bertz CT molecular complexity index is 1440. The van der Waals surface area contributed by atoms with Gasteiger partial charge in [0.1, 0.15) is 0 Å². The Balaban J connectivity index is 0.000000760. The van der Waals surface area contributed by atoms with Crippen molar-refractivity contribution in [2.45, 2.75) is 89.4 Å². The molecule has 3 rings (SSSR count). The maximum atomic E-state index is 12.2. The summed E-state index contributed by atoms with van der Waals surface area (Å²) < 4.78 is 219. The van der Waals surface area contributed by atoms with Gasteiger partial charge in [-0.2, -0.15) is 79.0 Å². The van der Waals surface area contributed by atoms with Gasteiger partial charge in [0.2, 0.25) is 0 Å². The van der Waals surface area contributed by atoms with E-state index in [1.807, 2.05) is 47.6 Å². The number of rotatable bonds is 0. The van der Waals surface area contributed by atoms with Crippen LogP contribution in [0.1, 0.15) is 86.1 Å². The van der Waals surface area contributed by atoms with E-state index in [9.17, 15) is 89.2 Å². The molecule has 0 N–H and O–H groups in total. The van der Waals surface area contributed by atoms with Crippen LogP contribution in [0, 0.1) is 12.1 Å². The van der Waals surface area contributed by atoms with Gasteiger partial charge in [-0.15, -0.1) is 11.5 Å². The second kappa shape index (κ2) is 16.3. The Morgan fingerprint density at radius 1 is 0.377 bits per heavy atom. The molecule has 0 unspecified atom stereocenters. The molecule has 0 aliphatic rings. The molecule has 0 amide bonds. The molecule has 2 nitrogen and oxygen atoms in total. The summed E-state index contributed by atoms with van der Waals surface area (Å²) in [6.07, 6.45) is -32.0. The van der Waals surface area contributed by atoms with Gasteiger partial charge in [-0.3, -0.25) is 0 Å². The van der Waals surface area contributed by atoms with Crippen LogP contribution in [-0.4, -0.2) is 23.9 Å². The van der Waals surface area contributed by atoms with Crippen LogP contribution in [-0.2, 0) is 47.9 Å². The number of hydrogen-bond acceptors (Lipinski definition) is 2. The predicted molar refractivity (Wildman–Crippen MR) is 149 cm³/mol. The van der Waals surface area contributed by atoms with E-state index in [1.165, 1.54) is 6.07 Å². The Morgan fingerprint density at radius 2 is 0.642 bits per heavy atom. The molecule has 0 heterocycles. The van der Waals surface area contributed by atoms with Crippen molar-refractivity contribution in [2.24, 2.45) is 0 Å². The molecule has 0 saturated heterocycles. The van der Waals surface area contributed by atoms with Crippen molar-refractivity contribution in [2.75, 3.05) is 0 Å². The molecule has 0 aromatic heterocycles. The minimum Gasteiger partial charge on any atom is -0.873 e. The first-order chi connectivity index (χ1) is 22.7. The molecule has 0 atom stereocenters. The molecule has 0 aliphatic heterocycles. The molecule has 0 saturated carbocycles. The van der Waals surface area contributed by atoms with Gasteiger partial charge in [0.25, 0.3) is 0 Å². The Hall–Kier alpha value is -3.20. The fraction of sp³-hybridized carbons (Fsp3) is 0.438. The molecule has 0 bridgehead atoms. The third-order valence-corrected chi connectivity index (χ3v) is 6.34. The molecule has 53 heavy (non-hydrogen) atoms. The molecule has 4 radical (unpaired) electrons. The average molecular weight is 901 g/mol. The van der Waals surface area contributed by atoms with Crippen LogP contribution in [0.15, 0.2) is 36.4 Å². The summed E-state index contributed by atoms with van der Waals surface area (Å²) in [5, 5.41) is 23.4. The summed E-state index contributed by atoms with van der Waals surface area (Å²) in [7, 11) is 0. The van der Waals surface area contributed by atoms with Gasteiger partial charge in [0, 0.05) is 12.1 Å². The summed E-state index contributed by atoms with van der Waals surface area (Å²) in [4.78, 5) is 0. The largest absolute Gasteiger partial charge is 2.00 e. The van der Waals surface area contributed by atoms with Gasteiger partial charge in [0.15, 0.2) is 0 Å². The van der Waals surface area contributed by atoms with Gasteiger partial charge in [-0.05, 0) is 40.7 Å². The normalized spacial score (nSPS) is 13.3. The molecular formula is C32H24F18O2Sn. The van der Waals surface area contributed by atoms with Crippen molar-refractivity contribution < 1.29 is 89.2 Å². The predicted octanol–water partition coefficient (Wildman–Crippen LogP) is 11.1. The van der Waals surface area contributed by atoms with Crippen molar-refractivity contribution in [1.29, 1.82) is 0 Å². The monoisotopic (exact) mass is 902 g/mol. The van der Waals surface area contributed by atoms with E-state index in [0.717, 1.165) is 17.7 Å². The van der Waals surface area contributed by atoms with Crippen LogP contribution in [0.2, 0.25) is 0 Å². The first-order valence-corrected chi connectivity index (χ1v) is 13.8. The Kier molecular flexibility index (Phi) is 15.3. The van der Waals surface area contributed by atoms with Crippen molar-refractivity contribution in [3.8, 4) is 11.5 Å². The third-order valence-electron chi connectivity index (χ3n) is 6.34. The van der Waals surface area contributed by atoms with Crippen molar-refractivity contribution in [3.05, 3.63) is 93.0 Å². The summed E-state index contributed by atoms with van der Waals surface area (Å²) >= 11 is 0. The first kappa shape index (κ1) is 49.8. The zero-order valence-electron chi connectivity index (χ0n) is 27.6. The minimum absolute atomic E-state index is 0. The maximum absolute atomic E-state index is 12.2. The van der Waals surface area contributed by atoms with Gasteiger partial charge >= 0.3 is 61.0 Å². The second-order valence-corrected chi connectivity index (χ2v) is 12.7. The van der Waals surface area contributed by atoms with E-state index < -0.39 is 100 Å². The topological polar surface area (TPSA) is 46.1 Å². The summed E-state index contributed by atoms with van der Waals surface area (Å²) in [5.74, 6) is -0.752. The number of benzene rings is 3. The zero-order valence-corrected chi connectivity index (χ0v) is 30.4. The summed E-state index contributed by atoms with van der Waals surface area (Å²) in [6, 6.07) is 3.44.